The van der Waals surface area contributed by atoms with Gasteiger partial charge in [-0.1, -0.05) is 12.1 Å². The molecule has 0 radical (unpaired) electrons. The van der Waals surface area contributed by atoms with Gasteiger partial charge in [-0.05, 0) is 29.1 Å². The quantitative estimate of drug-likeness (QED) is 0.577. The first-order valence-corrected chi connectivity index (χ1v) is 8.18. The number of aryl methyl sites for hydroxylation is 1. The number of H-pyrrole nitrogens is 1. The standard InChI is InChI=1S/C20H16N4O2/c1-24-12-17(11-23-24)13-2-3-15-10-22-18(7-16(15)6-13)9-19(25)14-4-5-21-20(26)8-14/h2-8,10-12H,9H2,1H3,(H,21,26). The van der Waals surface area contributed by atoms with Gasteiger partial charge in [0.15, 0.2) is 5.78 Å². The second-order valence-corrected chi connectivity index (χ2v) is 6.18. The Morgan fingerprint density at radius 2 is 1.96 bits per heavy atom. The summed E-state index contributed by atoms with van der Waals surface area (Å²) in [5, 5.41) is 6.22. The number of ketones is 1. The highest BCUT2D eigenvalue weighted by Gasteiger charge is 2.10. The number of carbonyl (C=O) groups excluding carboxylic acids is 1. The number of Topliss-reactive ketones (excluding diaryl/α,β-unsaturated/α-hetero) is 1. The van der Waals surface area contributed by atoms with Gasteiger partial charge in [0.1, 0.15) is 0 Å². The summed E-state index contributed by atoms with van der Waals surface area (Å²) in [5.74, 6) is -0.133. The van der Waals surface area contributed by atoms with Gasteiger partial charge >= 0.3 is 0 Å². The maximum atomic E-state index is 12.4. The Morgan fingerprint density at radius 1 is 1.08 bits per heavy atom. The number of rotatable bonds is 4. The fourth-order valence-electron chi connectivity index (χ4n) is 2.92. The van der Waals surface area contributed by atoms with Crippen LogP contribution in [0.25, 0.3) is 21.9 Å². The van der Waals surface area contributed by atoms with Crippen LogP contribution in [0.3, 0.4) is 0 Å². The van der Waals surface area contributed by atoms with Crippen LogP contribution >= 0.6 is 0 Å². The summed E-state index contributed by atoms with van der Waals surface area (Å²) in [6.07, 6.45) is 7.17. The highest BCUT2D eigenvalue weighted by Crippen LogP contribution is 2.24. The number of nitrogens with zero attached hydrogens (tertiary/aromatic N) is 3. The number of pyridine rings is 2. The third-order valence-corrected chi connectivity index (χ3v) is 4.26. The second kappa shape index (κ2) is 6.40. The first-order chi connectivity index (χ1) is 12.6. The van der Waals surface area contributed by atoms with Gasteiger partial charge in [0.2, 0.25) is 5.56 Å². The molecule has 0 amide bonds. The number of carbonyl (C=O) groups is 1. The topological polar surface area (TPSA) is 80.6 Å². The number of benzene rings is 1. The smallest absolute Gasteiger partial charge is 0.248 e. The lowest BCUT2D eigenvalue weighted by atomic mass is 10.0. The second-order valence-electron chi connectivity index (χ2n) is 6.18. The van der Waals surface area contributed by atoms with E-state index in [0.29, 0.717) is 11.3 Å². The summed E-state index contributed by atoms with van der Waals surface area (Å²) in [7, 11) is 1.88. The molecule has 26 heavy (non-hydrogen) atoms. The van der Waals surface area contributed by atoms with Crippen LogP contribution in [-0.2, 0) is 13.5 Å². The number of nitrogens with one attached hydrogen (secondary N) is 1. The molecule has 0 aliphatic heterocycles. The molecule has 3 aromatic heterocycles. The predicted octanol–water partition coefficient (Wildman–Crippen LogP) is 2.75. The fourth-order valence-corrected chi connectivity index (χ4v) is 2.92. The third-order valence-electron chi connectivity index (χ3n) is 4.26. The van der Waals surface area contributed by atoms with Gasteiger partial charge < -0.3 is 4.98 Å². The molecule has 1 aromatic carbocycles. The zero-order valence-corrected chi connectivity index (χ0v) is 14.1. The van der Waals surface area contributed by atoms with Crippen LogP contribution in [0.2, 0.25) is 0 Å². The molecule has 6 nitrogen and oxygen atoms in total. The van der Waals surface area contributed by atoms with Crippen molar-refractivity contribution in [2.24, 2.45) is 7.05 Å². The first kappa shape index (κ1) is 16.0. The zero-order chi connectivity index (χ0) is 18.1. The van der Waals surface area contributed by atoms with E-state index in [1.54, 1.807) is 16.9 Å². The Hall–Kier alpha value is -3.54. The lowest BCUT2D eigenvalue weighted by molar-refractivity contribution is 0.0992. The Labute approximate surface area is 149 Å². The van der Waals surface area contributed by atoms with Crippen molar-refractivity contribution in [2.75, 3.05) is 0 Å². The lowest BCUT2D eigenvalue weighted by Gasteiger charge is -2.05. The highest BCUT2D eigenvalue weighted by atomic mass is 16.1. The van der Waals surface area contributed by atoms with E-state index in [1.807, 2.05) is 37.6 Å². The van der Waals surface area contributed by atoms with Gasteiger partial charge in [0.05, 0.1) is 12.6 Å². The van der Waals surface area contributed by atoms with E-state index in [9.17, 15) is 9.59 Å². The van der Waals surface area contributed by atoms with E-state index >= 15 is 0 Å². The number of aromatic amines is 1. The third kappa shape index (κ3) is 3.17. The van der Waals surface area contributed by atoms with Crippen molar-refractivity contribution in [3.8, 4) is 11.1 Å². The molecule has 0 saturated heterocycles. The molecule has 0 spiro atoms. The molecule has 4 aromatic rings. The summed E-state index contributed by atoms with van der Waals surface area (Å²) in [5.41, 5.74) is 2.87. The Balaban J connectivity index is 1.66. The van der Waals surface area contributed by atoms with E-state index in [0.717, 1.165) is 21.9 Å². The SMILES string of the molecule is Cn1cc(-c2ccc3cnc(CC(=O)c4cc[nH]c(=O)c4)cc3c2)cn1. The van der Waals surface area contributed by atoms with Crippen LogP contribution in [0.1, 0.15) is 16.1 Å². The fraction of sp³-hybridized carbons (Fsp3) is 0.100. The molecule has 6 heteroatoms. The Morgan fingerprint density at radius 3 is 2.73 bits per heavy atom. The summed E-state index contributed by atoms with van der Waals surface area (Å²) < 4.78 is 1.76. The molecule has 1 N–H and O–H groups in total. The monoisotopic (exact) mass is 344 g/mol. The molecule has 0 atom stereocenters. The van der Waals surface area contributed by atoms with Crippen molar-refractivity contribution in [3.63, 3.8) is 0 Å². The average Bonchev–Trinajstić information content (AvgIpc) is 3.07. The van der Waals surface area contributed by atoms with E-state index in [2.05, 4.69) is 21.1 Å². The molecule has 0 aliphatic rings. The molecule has 0 unspecified atom stereocenters. The summed E-state index contributed by atoms with van der Waals surface area (Å²) in [6, 6.07) is 10.9. The Kier molecular flexibility index (Phi) is 3.93. The number of hydrogen-bond acceptors (Lipinski definition) is 4. The van der Waals surface area contributed by atoms with Gasteiger partial charge in [-0.25, -0.2) is 0 Å². The molecule has 4 rings (SSSR count). The zero-order valence-electron chi connectivity index (χ0n) is 14.1. The van der Waals surface area contributed by atoms with Crippen LogP contribution < -0.4 is 5.56 Å². The number of aromatic nitrogens is 4. The van der Waals surface area contributed by atoms with E-state index < -0.39 is 0 Å². The molecule has 3 heterocycles. The van der Waals surface area contributed by atoms with Crippen LogP contribution in [0.5, 0.6) is 0 Å². The largest absolute Gasteiger partial charge is 0.329 e. The van der Waals surface area contributed by atoms with Gasteiger partial charge in [0, 0.05) is 53.9 Å². The Bertz CT molecular complexity index is 1170. The van der Waals surface area contributed by atoms with Crippen molar-refractivity contribution in [1.29, 1.82) is 0 Å². The summed E-state index contributed by atoms with van der Waals surface area (Å²) in [4.78, 5) is 30.6. The summed E-state index contributed by atoms with van der Waals surface area (Å²) in [6.45, 7) is 0. The van der Waals surface area contributed by atoms with Crippen LogP contribution in [0.15, 0.2) is 66.0 Å². The van der Waals surface area contributed by atoms with Crippen LogP contribution in [0, 0.1) is 0 Å². The van der Waals surface area contributed by atoms with Crippen LogP contribution in [0.4, 0.5) is 0 Å². The molecule has 0 aliphatic carbocycles. The van der Waals surface area contributed by atoms with Gasteiger partial charge in [0.25, 0.3) is 0 Å². The molecule has 0 saturated carbocycles. The molecular weight excluding hydrogens is 328 g/mol. The van der Waals surface area contributed by atoms with Crippen molar-refractivity contribution in [2.45, 2.75) is 6.42 Å². The summed E-state index contributed by atoms with van der Waals surface area (Å²) >= 11 is 0. The maximum absolute atomic E-state index is 12.4. The van der Waals surface area contributed by atoms with Crippen LogP contribution in [-0.4, -0.2) is 25.5 Å². The molecule has 0 bridgehead atoms. The average molecular weight is 344 g/mol. The highest BCUT2D eigenvalue weighted by molar-refractivity contribution is 5.97. The minimum absolute atomic E-state index is 0.133. The molecule has 0 fully saturated rings. The maximum Gasteiger partial charge on any atom is 0.248 e. The van der Waals surface area contributed by atoms with Gasteiger partial charge in [-0.15, -0.1) is 0 Å². The van der Waals surface area contributed by atoms with Crippen molar-refractivity contribution in [1.82, 2.24) is 19.7 Å². The van der Waals surface area contributed by atoms with Crippen molar-refractivity contribution in [3.05, 3.63) is 82.8 Å². The van der Waals surface area contributed by atoms with Gasteiger partial charge in [-0.3, -0.25) is 19.3 Å². The van der Waals surface area contributed by atoms with Gasteiger partial charge in [-0.2, -0.15) is 5.10 Å². The first-order valence-electron chi connectivity index (χ1n) is 8.18. The minimum atomic E-state index is -0.288. The van der Waals surface area contributed by atoms with Crippen molar-refractivity contribution >= 4 is 16.6 Å². The lowest BCUT2D eigenvalue weighted by Crippen LogP contribution is -2.10. The van der Waals surface area contributed by atoms with E-state index in [-0.39, 0.29) is 17.8 Å². The minimum Gasteiger partial charge on any atom is -0.329 e. The van der Waals surface area contributed by atoms with Crippen molar-refractivity contribution < 1.29 is 4.79 Å². The molecule has 128 valence electrons. The van der Waals surface area contributed by atoms with E-state index in [4.69, 9.17) is 0 Å². The molecular formula is C20H16N4O2. The number of fused-ring (bicyclic) bond motifs is 1. The normalized spacial score (nSPS) is 11.0. The van der Waals surface area contributed by atoms with E-state index in [1.165, 1.54) is 12.3 Å². The predicted molar refractivity (Wildman–Crippen MR) is 99.0 cm³/mol. The number of hydrogen-bond donors (Lipinski definition) is 1.